The molecule has 0 heterocycles. The van der Waals surface area contributed by atoms with Gasteiger partial charge in [0, 0.05) is 12.1 Å². The molecule has 0 aliphatic carbocycles. The van der Waals surface area contributed by atoms with Crippen LogP contribution < -0.4 is 14.8 Å². The van der Waals surface area contributed by atoms with Crippen molar-refractivity contribution in [1.82, 2.24) is 5.32 Å². The molecule has 0 spiro atoms. The first-order valence-electron chi connectivity index (χ1n) is 7.46. The van der Waals surface area contributed by atoms with Crippen molar-refractivity contribution in [3.05, 3.63) is 59.9 Å². The van der Waals surface area contributed by atoms with Crippen LogP contribution in [0.2, 0.25) is 0 Å². The first kappa shape index (κ1) is 16.8. The summed E-state index contributed by atoms with van der Waals surface area (Å²) in [4.78, 5) is 12.2. The van der Waals surface area contributed by atoms with Crippen molar-refractivity contribution in [2.45, 2.75) is 26.0 Å². The molecule has 0 fully saturated rings. The zero-order valence-corrected chi connectivity index (χ0v) is 13.2. The molecule has 1 unspecified atom stereocenters. The van der Waals surface area contributed by atoms with Gasteiger partial charge in [-0.25, -0.2) is 4.39 Å². The topological polar surface area (TPSA) is 47.6 Å². The molecule has 5 heteroatoms. The van der Waals surface area contributed by atoms with E-state index in [4.69, 9.17) is 9.47 Å². The van der Waals surface area contributed by atoms with Crippen LogP contribution in [0.3, 0.4) is 0 Å². The molecular weight excluding hydrogens is 297 g/mol. The lowest BCUT2D eigenvalue weighted by molar-refractivity contribution is -0.128. The highest BCUT2D eigenvalue weighted by molar-refractivity contribution is 5.81. The summed E-state index contributed by atoms with van der Waals surface area (Å²) in [7, 11) is 1.58. The van der Waals surface area contributed by atoms with Crippen molar-refractivity contribution in [2.24, 2.45) is 0 Å². The van der Waals surface area contributed by atoms with Crippen LogP contribution in [0.5, 0.6) is 11.5 Å². The Morgan fingerprint density at radius 3 is 2.39 bits per heavy atom. The maximum atomic E-state index is 13.5. The van der Waals surface area contributed by atoms with E-state index in [1.807, 2.05) is 6.92 Å². The van der Waals surface area contributed by atoms with Crippen LogP contribution in [0, 0.1) is 5.82 Å². The van der Waals surface area contributed by atoms with E-state index < -0.39 is 6.10 Å². The lowest BCUT2D eigenvalue weighted by Gasteiger charge is -2.17. The highest BCUT2D eigenvalue weighted by Gasteiger charge is 2.18. The van der Waals surface area contributed by atoms with Gasteiger partial charge in [0.2, 0.25) is 0 Å². The van der Waals surface area contributed by atoms with Gasteiger partial charge in [0.1, 0.15) is 17.3 Å². The number of halogens is 1. The molecule has 0 aromatic heterocycles. The minimum atomic E-state index is -0.629. The van der Waals surface area contributed by atoms with Gasteiger partial charge in [0.25, 0.3) is 5.91 Å². The summed E-state index contributed by atoms with van der Waals surface area (Å²) < 4.78 is 24.3. The van der Waals surface area contributed by atoms with Crippen LogP contribution in [0.1, 0.15) is 18.9 Å². The summed E-state index contributed by atoms with van der Waals surface area (Å²) in [5, 5.41) is 2.70. The van der Waals surface area contributed by atoms with Crippen LogP contribution in [-0.2, 0) is 11.3 Å². The fourth-order valence-electron chi connectivity index (χ4n) is 2.08. The third-order valence-electron chi connectivity index (χ3n) is 3.41. The van der Waals surface area contributed by atoms with E-state index in [0.717, 1.165) is 5.75 Å². The smallest absolute Gasteiger partial charge is 0.261 e. The minimum Gasteiger partial charge on any atom is -0.497 e. The molecule has 1 amide bonds. The second-order valence-corrected chi connectivity index (χ2v) is 5.00. The first-order chi connectivity index (χ1) is 11.1. The molecule has 2 rings (SSSR count). The Kier molecular flexibility index (Phi) is 5.97. The third kappa shape index (κ3) is 4.71. The average Bonchev–Trinajstić information content (AvgIpc) is 2.59. The number of hydrogen-bond donors (Lipinski definition) is 1. The molecule has 1 atom stereocenters. The fourth-order valence-corrected chi connectivity index (χ4v) is 2.08. The molecule has 0 radical (unpaired) electrons. The quantitative estimate of drug-likeness (QED) is 0.852. The lowest BCUT2D eigenvalue weighted by atomic mass is 10.2. The summed E-state index contributed by atoms with van der Waals surface area (Å²) in [6.07, 6.45) is -0.120. The number of benzene rings is 2. The maximum Gasteiger partial charge on any atom is 0.261 e. The van der Waals surface area contributed by atoms with Gasteiger partial charge in [-0.3, -0.25) is 4.79 Å². The summed E-state index contributed by atoms with van der Waals surface area (Å²) in [5.41, 5.74) is 0.445. The molecule has 0 saturated carbocycles. The van der Waals surface area contributed by atoms with Crippen molar-refractivity contribution in [1.29, 1.82) is 0 Å². The van der Waals surface area contributed by atoms with E-state index in [0.29, 0.717) is 17.7 Å². The van der Waals surface area contributed by atoms with E-state index in [1.165, 1.54) is 6.07 Å². The van der Waals surface area contributed by atoms with Crippen molar-refractivity contribution in [3.8, 4) is 11.5 Å². The number of amides is 1. The Balaban J connectivity index is 1.94. The van der Waals surface area contributed by atoms with Gasteiger partial charge in [-0.05, 0) is 36.8 Å². The van der Waals surface area contributed by atoms with Crippen LogP contribution in [-0.4, -0.2) is 19.1 Å². The van der Waals surface area contributed by atoms with E-state index >= 15 is 0 Å². The zero-order valence-electron chi connectivity index (χ0n) is 13.2. The van der Waals surface area contributed by atoms with Crippen LogP contribution in [0.25, 0.3) is 0 Å². The Labute approximate surface area is 135 Å². The number of ether oxygens (including phenoxy) is 2. The Hall–Kier alpha value is -2.56. The van der Waals surface area contributed by atoms with E-state index in [9.17, 15) is 9.18 Å². The Morgan fingerprint density at radius 2 is 1.78 bits per heavy atom. The molecule has 2 aromatic carbocycles. The Morgan fingerprint density at radius 1 is 1.13 bits per heavy atom. The number of carbonyl (C=O) groups excluding carboxylic acids is 1. The van der Waals surface area contributed by atoms with Crippen molar-refractivity contribution in [2.75, 3.05) is 7.11 Å². The van der Waals surface area contributed by atoms with Crippen molar-refractivity contribution >= 4 is 5.91 Å². The normalized spacial score (nSPS) is 11.6. The lowest BCUT2D eigenvalue weighted by Crippen LogP contribution is -2.37. The molecule has 1 N–H and O–H groups in total. The van der Waals surface area contributed by atoms with Crippen LogP contribution in [0.4, 0.5) is 4.39 Å². The molecule has 0 aliphatic rings. The Bertz CT molecular complexity index is 643. The van der Waals surface area contributed by atoms with Gasteiger partial charge in [-0.2, -0.15) is 0 Å². The summed E-state index contributed by atoms with van der Waals surface area (Å²) in [5.74, 6) is 0.691. The highest BCUT2D eigenvalue weighted by atomic mass is 19.1. The molecule has 122 valence electrons. The predicted octanol–water partition coefficient (Wildman–Crippen LogP) is 3.31. The van der Waals surface area contributed by atoms with Gasteiger partial charge in [-0.1, -0.05) is 25.1 Å². The van der Waals surface area contributed by atoms with E-state index in [-0.39, 0.29) is 18.3 Å². The number of rotatable bonds is 7. The average molecular weight is 317 g/mol. The largest absolute Gasteiger partial charge is 0.497 e. The van der Waals surface area contributed by atoms with Gasteiger partial charge in [0.05, 0.1) is 7.11 Å². The van der Waals surface area contributed by atoms with E-state index in [1.54, 1.807) is 49.6 Å². The van der Waals surface area contributed by atoms with Gasteiger partial charge in [-0.15, -0.1) is 0 Å². The summed E-state index contributed by atoms with van der Waals surface area (Å²) in [6, 6.07) is 13.4. The molecular formula is C18H20FNO3. The molecule has 23 heavy (non-hydrogen) atoms. The second kappa shape index (κ2) is 8.17. The number of hydrogen-bond acceptors (Lipinski definition) is 3. The van der Waals surface area contributed by atoms with E-state index in [2.05, 4.69) is 5.32 Å². The summed E-state index contributed by atoms with van der Waals surface area (Å²) in [6.45, 7) is 1.99. The van der Waals surface area contributed by atoms with Crippen LogP contribution >= 0.6 is 0 Å². The number of methoxy groups -OCH3 is 1. The van der Waals surface area contributed by atoms with Gasteiger partial charge < -0.3 is 14.8 Å². The van der Waals surface area contributed by atoms with Gasteiger partial charge in [0.15, 0.2) is 6.10 Å². The second-order valence-electron chi connectivity index (χ2n) is 5.00. The third-order valence-corrected chi connectivity index (χ3v) is 3.41. The molecule has 4 nitrogen and oxygen atoms in total. The molecule has 0 aliphatic heterocycles. The highest BCUT2D eigenvalue weighted by Crippen LogP contribution is 2.19. The first-order valence-corrected chi connectivity index (χ1v) is 7.46. The summed E-state index contributed by atoms with van der Waals surface area (Å²) >= 11 is 0. The van der Waals surface area contributed by atoms with Crippen molar-refractivity contribution < 1.29 is 18.7 Å². The maximum absolute atomic E-state index is 13.5. The van der Waals surface area contributed by atoms with Gasteiger partial charge >= 0.3 is 0 Å². The van der Waals surface area contributed by atoms with Crippen molar-refractivity contribution in [3.63, 3.8) is 0 Å². The molecule has 0 bridgehead atoms. The monoisotopic (exact) mass is 317 g/mol. The standard InChI is InChI=1S/C18H20FNO3/c1-3-17(23-15-10-8-14(22-2)9-11-15)18(21)20-12-13-6-4-5-7-16(13)19/h4-11,17H,3,12H2,1-2H3,(H,20,21). The predicted molar refractivity (Wildman–Crippen MR) is 85.9 cm³/mol. The SMILES string of the molecule is CCC(Oc1ccc(OC)cc1)C(=O)NCc1ccccc1F. The minimum absolute atomic E-state index is 0.133. The number of carbonyl (C=O) groups is 1. The van der Waals surface area contributed by atoms with Crippen LogP contribution in [0.15, 0.2) is 48.5 Å². The molecule has 0 saturated heterocycles. The fraction of sp³-hybridized carbons (Fsp3) is 0.278. The molecule has 2 aromatic rings. The number of nitrogens with one attached hydrogen (secondary N) is 1. The zero-order chi connectivity index (χ0) is 16.7.